The lowest BCUT2D eigenvalue weighted by Crippen LogP contribution is -1.91. The molecule has 0 aliphatic carbocycles. The molecule has 0 amide bonds. The number of nitrogens with zero attached hydrogens (tertiary/aromatic N) is 1. The molecule has 2 aromatic rings. The summed E-state index contributed by atoms with van der Waals surface area (Å²) in [6.07, 6.45) is 4.27. The number of unbranched alkanes of at least 4 members (excludes halogenated alkanes) is 1. The molecule has 0 atom stereocenters. The van der Waals surface area contributed by atoms with Gasteiger partial charge in [0.1, 0.15) is 0 Å². The number of fused-ring (bicyclic) bond motifs is 1. The van der Waals surface area contributed by atoms with Crippen molar-refractivity contribution < 1.29 is 0 Å². The van der Waals surface area contributed by atoms with Crippen molar-refractivity contribution in [1.29, 1.82) is 5.41 Å². The fourth-order valence-electron chi connectivity index (χ4n) is 1.63. The number of pyridine rings is 1. The number of para-hydroxylation sites is 1. The molecule has 0 bridgehead atoms. The molecule has 0 fully saturated rings. The summed E-state index contributed by atoms with van der Waals surface area (Å²) in [4.78, 5) is 4.57. The van der Waals surface area contributed by atoms with E-state index in [1.807, 2.05) is 18.2 Å². The van der Waals surface area contributed by atoms with Crippen molar-refractivity contribution in [3.63, 3.8) is 0 Å². The number of benzene rings is 1. The molecule has 1 aromatic heterocycles. The van der Waals surface area contributed by atoms with Crippen LogP contribution >= 0.6 is 0 Å². The monoisotopic (exact) mass is 198 g/mol. The van der Waals surface area contributed by atoms with Gasteiger partial charge in [0.15, 0.2) is 0 Å². The summed E-state index contributed by atoms with van der Waals surface area (Å²) >= 11 is 0. The third-order valence-corrected chi connectivity index (χ3v) is 2.44. The van der Waals surface area contributed by atoms with Gasteiger partial charge < -0.3 is 5.41 Å². The topological polar surface area (TPSA) is 36.7 Å². The Balaban J connectivity index is 2.19. The molecule has 0 saturated carbocycles. The summed E-state index contributed by atoms with van der Waals surface area (Å²) in [6, 6.07) is 12.3. The van der Waals surface area contributed by atoms with Gasteiger partial charge in [0.25, 0.3) is 0 Å². The number of hydrogen-bond acceptors (Lipinski definition) is 2. The predicted molar refractivity (Wildman–Crippen MR) is 63.5 cm³/mol. The van der Waals surface area contributed by atoms with Crippen LogP contribution in [-0.4, -0.2) is 11.2 Å². The minimum atomic E-state index is 0.842. The Morgan fingerprint density at radius 3 is 2.87 bits per heavy atom. The van der Waals surface area contributed by atoms with E-state index in [0.29, 0.717) is 0 Å². The van der Waals surface area contributed by atoms with Gasteiger partial charge in [0, 0.05) is 11.1 Å². The maximum atomic E-state index is 6.95. The Kier molecular flexibility index (Phi) is 3.08. The van der Waals surface area contributed by atoms with Gasteiger partial charge >= 0.3 is 0 Å². The van der Waals surface area contributed by atoms with E-state index >= 15 is 0 Å². The Bertz CT molecular complexity index is 463. The highest BCUT2D eigenvalue weighted by Crippen LogP contribution is 2.12. The Morgan fingerprint density at radius 1 is 1.13 bits per heavy atom. The first-order valence-electron chi connectivity index (χ1n) is 5.24. The molecular formula is C13H14N2. The first-order valence-corrected chi connectivity index (χ1v) is 5.24. The van der Waals surface area contributed by atoms with Crippen LogP contribution in [0.15, 0.2) is 36.4 Å². The molecule has 0 spiro atoms. The lowest BCUT2D eigenvalue weighted by molar-refractivity contribution is 0.847. The maximum Gasteiger partial charge on any atom is 0.0705 e. The van der Waals surface area contributed by atoms with Crippen LogP contribution in [-0.2, 0) is 6.42 Å². The normalized spacial score (nSPS) is 10.4. The van der Waals surface area contributed by atoms with E-state index in [-0.39, 0.29) is 0 Å². The van der Waals surface area contributed by atoms with Gasteiger partial charge in [-0.1, -0.05) is 24.3 Å². The van der Waals surface area contributed by atoms with Gasteiger partial charge in [-0.3, -0.25) is 4.98 Å². The second kappa shape index (κ2) is 4.69. The van der Waals surface area contributed by atoms with Crippen LogP contribution in [0.3, 0.4) is 0 Å². The first kappa shape index (κ1) is 9.84. The van der Waals surface area contributed by atoms with Gasteiger partial charge in [0.05, 0.1) is 5.52 Å². The van der Waals surface area contributed by atoms with Crippen molar-refractivity contribution in [2.24, 2.45) is 0 Å². The molecule has 2 nitrogen and oxygen atoms in total. The van der Waals surface area contributed by atoms with Gasteiger partial charge in [-0.25, -0.2) is 0 Å². The fraction of sp³-hybridized carbons (Fsp3) is 0.231. The van der Waals surface area contributed by atoms with E-state index in [1.54, 1.807) is 0 Å². The van der Waals surface area contributed by atoms with E-state index in [4.69, 9.17) is 5.41 Å². The summed E-state index contributed by atoms with van der Waals surface area (Å²) in [7, 11) is 0. The molecular weight excluding hydrogens is 184 g/mol. The van der Waals surface area contributed by atoms with Crippen LogP contribution in [0.4, 0.5) is 0 Å². The average Bonchev–Trinajstić information content (AvgIpc) is 2.29. The zero-order valence-corrected chi connectivity index (χ0v) is 8.61. The molecule has 15 heavy (non-hydrogen) atoms. The van der Waals surface area contributed by atoms with E-state index in [9.17, 15) is 0 Å². The van der Waals surface area contributed by atoms with Crippen LogP contribution in [0, 0.1) is 5.41 Å². The number of hydrogen-bond donors (Lipinski definition) is 1. The minimum Gasteiger partial charge on any atom is -0.313 e. The number of aromatic nitrogens is 1. The molecule has 2 rings (SSSR count). The minimum absolute atomic E-state index is 0.842. The van der Waals surface area contributed by atoms with Gasteiger partial charge in [-0.05, 0) is 37.6 Å². The van der Waals surface area contributed by atoms with E-state index in [2.05, 4.69) is 23.2 Å². The van der Waals surface area contributed by atoms with Crippen molar-refractivity contribution in [2.75, 3.05) is 0 Å². The summed E-state index contributed by atoms with van der Waals surface area (Å²) in [5, 5.41) is 8.14. The molecule has 0 saturated heterocycles. The number of nitrogens with one attached hydrogen (secondary N) is 1. The summed E-state index contributed by atoms with van der Waals surface area (Å²) < 4.78 is 0. The zero-order valence-electron chi connectivity index (χ0n) is 8.61. The zero-order chi connectivity index (χ0) is 10.5. The quantitative estimate of drug-likeness (QED) is 0.594. The second-order valence-corrected chi connectivity index (χ2v) is 3.59. The van der Waals surface area contributed by atoms with Crippen molar-refractivity contribution >= 4 is 17.1 Å². The van der Waals surface area contributed by atoms with Crippen molar-refractivity contribution in [3.8, 4) is 0 Å². The lowest BCUT2D eigenvalue weighted by atomic mass is 10.1. The Morgan fingerprint density at radius 2 is 2.00 bits per heavy atom. The highest BCUT2D eigenvalue weighted by atomic mass is 14.7. The van der Waals surface area contributed by atoms with Crippen molar-refractivity contribution in [1.82, 2.24) is 4.98 Å². The Labute approximate surface area is 89.5 Å². The van der Waals surface area contributed by atoms with E-state index in [0.717, 1.165) is 30.5 Å². The molecule has 0 aliphatic rings. The van der Waals surface area contributed by atoms with Gasteiger partial charge in [-0.15, -0.1) is 0 Å². The average molecular weight is 198 g/mol. The number of aryl methyl sites for hydroxylation is 1. The molecule has 1 heterocycles. The molecule has 0 unspecified atom stereocenters. The maximum absolute atomic E-state index is 6.95. The lowest BCUT2D eigenvalue weighted by Gasteiger charge is -2.01. The highest BCUT2D eigenvalue weighted by Gasteiger charge is 1.97. The largest absolute Gasteiger partial charge is 0.313 e. The van der Waals surface area contributed by atoms with Gasteiger partial charge in [0.2, 0.25) is 0 Å². The summed E-state index contributed by atoms with van der Waals surface area (Å²) in [6.45, 7) is 0. The van der Waals surface area contributed by atoms with Crippen LogP contribution in [0.5, 0.6) is 0 Å². The smallest absolute Gasteiger partial charge is 0.0705 e. The third-order valence-electron chi connectivity index (χ3n) is 2.44. The third kappa shape index (κ3) is 2.40. The summed E-state index contributed by atoms with van der Waals surface area (Å²) in [5.41, 5.74) is 2.18. The number of rotatable bonds is 4. The van der Waals surface area contributed by atoms with Crippen LogP contribution in [0.2, 0.25) is 0 Å². The molecule has 0 radical (unpaired) electrons. The van der Waals surface area contributed by atoms with E-state index < -0.39 is 0 Å². The van der Waals surface area contributed by atoms with E-state index in [1.165, 1.54) is 11.6 Å². The van der Waals surface area contributed by atoms with Crippen molar-refractivity contribution in [3.05, 3.63) is 42.1 Å². The molecule has 76 valence electrons. The van der Waals surface area contributed by atoms with Crippen LogP contribution in [0.25, 0.3) is 10.9 Å². The summed E-state index contributed by atoms with van der Waals surface area (Å²) in [5.74, 6) is 0. The Hall–Kier alpha value is -1.70. The molecule has 1 aromatic carbocycles. The van der Waals surface area contributed by atoms with Crippen LogP contribution < -0.4 is 0 Å². The van der Waals surface area contributed by atoms with Crippen LogP contribution in [0.1, 0.15) is 18.5 Å². The predicted octanol–water partition coefficient (Wildman–Crippen LogP) is 3.21. The molecule has 2 heteroatoms. The van der Waals surface area contributed by atoms with Gasteiger partial charge in [-0.2, -0.15) is 0 Å². The van der Waals surface area contributed by atoms with Crippen molar-refractivity contribution in [2.45, 2.75) is 19.3 Å². The molecule has 0 aliphatic heterocycles. The standard InChI is InChI=1S/C13H14N2/c14-10-4-3-6-12-9-8-11-5-1-2-7-13(11)15-12/h1-2,5,7-10,14H,3-4,6H2. The first-order chi connectivity index (χ1) is 7.40. The highest BCUT2D eigenvalue weighted by molar-refractivity contribution is 5.78. The SMILES string of the molecule is N=CCCCc1ccc2ccccc2n1. The molecule has 1 N–H and O–H groups in total. The second-order valence-electron chi connectivity index (χ2n) is 3.59. The fourth-order valence-corrected chi connectivity index (χ4v) is 1.63.